The van der Waals surface area contributed by atoms with Crippen molar-refractivity contribution < 1.29 is 9.13 Å². The Morgan fingerprint density at radius 2 is 2.30 bits per heavy atom. The fourth-order valence-corrected chi connectivity index (χ4v) is 2.74. The summed E-state index contributed by atoms with van der Waals surface area (Å²) in [5, 5.41) is 8.77. The molecule has 1 aromatic heterocycles. The number of likely N-dealkylation sites (tertiary alicyclic amines) is 1. The summed E-state index contributed by atoms with van der Waals surface area (Å²) in [6.07, 6.45) is 5.82. The van der Waals surface area contributed by atoms with E-state index >= 15 is 0 Å². The molecule has 2 heterocycles. The van der Waals surface area contributed by atoms with E-state index in [1.807, 2.05) is 6.07 Å². The molecule has 118 valence electrons. The van der Waals surface area contributed by atoms with Gasteiger partial charge in [0.15, 0.2) is 0 Å². The molecule has 0 N–H and O–H groups in total. The summed E-state index contributed by atoms with van der Waals surface area (Å²) in [5.41, 5.74) is 0.974. The van der Waals surface area contributed by atoms with Gasteiger partial charge in [0.05, 0.1) is 24.4 Å². The van der Waals surface area contributed by atoms with Crippen LogP contribution >= 0.6 is 0 Å². The Kier molecular flexibility index (Phi) is 4.79. The van der Waals surface area contributed by atoms with Gasteiger partial charge in [-0.1, -0.05) is 6.07 Å². The zero-order valence-electron chi connectivity index (χ0n) is 12.7. The lowest BCUT2D eigenvalue weighted by Gasteiger charge is -2.16. The molecule has 1 aromatic carbocycles. The number of halogens is 1. The largest absolute Gasteiger partial charge is 0.476 e. The normalized spacial score (nSPS) is 17.8. The second kappa shape index (κ2) is 7.16. The highest BCUT2D eigenvalue weighted by Crippen LogP contribution is 2.21. The number of hydrogen-bond acceptors (Lipinski definition) is 5. The molecule has 0 radical (unpaired) electrons. The monoisotopic (exact) mass is 312 g/mol. The second-order valence-electron chi connectivity index (χ2n) is 5.66. The molecule has 1 aliphatic rings. The predicted octanol–water partition coefficient (Wildman–Crippen LogP) is 2.39. The van der Waals surface area contributed by atoms with E-state index in [-0.39, 0.29) is 5.82 Å². The summed E-state index contributed by atoms with van der Waals surface area (Å²) < 4.78 is 19.6. The van der Waals surface area contributed by atoms with Gasteiger partial charge in [-0.15, -0.1) is 0 Å². The van der Waals surface area contributed by atoms with E-state index in [1.54, 1.807) is 30.7 Å². The van der Waals surface area contributed by atoms with Crippen LogP contribution in [0.2, 0.25) is 0 Å². The molecular weight excluding hydrogens is 295 g/mol. The van der Waals surface area contributed by atoms with Crippen LogP contribution in [-0.4, -0.2) is 34.6 Å². The highest BCUT2D eigenvalue weighted by molar-refractivity contribution is 5.32. The molecule has 0 saturated carbocycles. The topological polar surface area (TPSA) is 62.0 Å². The number of ether oxygens (including phenoxy) is 1. The van der Waals surface area contributed by atoms with Crippen LogP contribution in [0.3, 0.4) is 0 Å². The molecule has 23 heavy (non-hydrogen) atoms. The maximum Gasteiger partial charge on any atom is 0.232 e. The quantitative estimate of drug-likeness (QED) is 0.848. The minimum Gasteiger partial charge on any atom is -0.476 e. The summed E-state index contributed by atoms with van der Waals surface area (Å²) in [5.74, 6) is 0.617. The Morgan fingerprint density at radius 1 is 1.39 bits per heavy atom. The van der Waals surface area contributed by atoms with Crippen LogP contribution in [0.1, 0.15) is 17.5 Å². The Bertz CT molecular complexity index is 701. The maximum absolute atomic E-state index is 13.9. The molecule has 1 saturated heterocycles. The van der Waals surface area contributed by atoms with Crippen molar-refractivity contribution in [3.05, 3.63) is 53.7 Å². The SMILES string of the molecule is N#Cc1ccc(CN2CCC(COc3cnccn3)C2)c(F)c1. The molecule has 5 nitrogen and oxygen atoms in total. The van der Waals surface area contributed by atoms with Gasteiger partial charge >= 0.3 is 0 Å². The van der Waals surface area contributed by atoms with Crippen LogP contribution in [0.15, 0.2) is 36.8 Å². The van der Waals surface area contributed by atoms with Gasteiger partial charge in [-0.2, -0.15) is 5.26 Å². The van der Waals surface area contributed by atoms with Gasteiger partial charge < -0.3 is 4.74 Å². The summed E-state index contributed by atoms with van der Waals surface area (Å²) in [6, 6.07) is 6.59. The van der Waals surface area contributed by atoms with Gasteiger partial charge in [0.1, 0.15) is 5.82 Å². The molecule has 1 fully saturated rings. The summed E-state index contributed by atoms with van der Waals surface area (Å²) in [4.78, 5) is 10.2. The van der Waals surface area contributed by atoms with Crippen molar-refractivity contribution in [2.75, 3.05) is 19.7 Å². The lowest BCUT2D eigenvalue weighted by atomic mass is 10.1. The minimum absolute atomic E-state index is 0.316. The van der Waals surface area contributed by atoms with Crippen LogP contribution in [-0.2, 0) is 6.54 Å². The van der Waals surface area contributed by atoms with E-state index in [4.69, 9.17) is 10.00 Å². The van der Waals surface area contributed by atoms with Gasteiger partial charge in [0.2, 0.25) is 5.88 Å². The van der Waals surface area contributed by atoms with Gasteiger partial charge in [-0.3, -0.25) is 9.88 Å². The zero-order chi connectivity index (χ0) is 16.1. The standard InChI is InChI=1S/C17H17FN4O/c18-16-7-13(8-19)1-2-15(16)11-22-6-3-14(10-22)12-23-17-9-20-4-5-21-17/h1-2,4-5,7,9,14H,3,6,10-12H2. The third-order valence-electron chi connectivity index (χ3n) is 3.95. The van der Waals surface area contributed by atoms with E-state index in [9.17, 15) is 4.39 Å². The fraction of sp³-hybridized carbons (Fsp3) is 0.353. The molecule has 0 aliphatic carbocycles. The molecule has 1 atom stereocenters. The van der Waals surface area contributed by atoms with Crippen LogP contribution in [0, 0.1) is 23.1 Å². The molecule has 0 bridgehead atoms. The van der Waals surface area contributed by atoms with Crippen molar-refractivity contribution in [3.8, 4) is 11.9 Å². The number of nitrogens with zero attached hydrogens (tertiary/aromatic N) is 4. The second-order valence-corrected chi connectivity index (χ2v) is 5.66. The first-order valence-corrected chi connectivity index (χ1v) is 7.54. The first-order chi connectivity index (χ1) is 11.2. The van der Waals surface area contributed by atoms with Crippen molar-refractivity contribution in [1.82, 2.24) is 14.9 Å². The Morgan fingerprint density at radius 3 is 3.04 bits per heavy atom. The average molecular weight is 312 g/mol. The smallest absolute Gasteiger partial charge is 0.232 e. The number of hydrogen-bond donors (Lipinski definition) is 0. The van der Waals surface area contributed by atoms with Crippen molar-refractivity contribution in [1.29, 1.82) is 5.26 Å². The first-order valence-electron chi connectivity index (χ1n) is 7.54. The molecule has 0 spiro atoms. The Hall–Kier alpha value is -2.52. The molecule has 0 amide bonds. The lowest BCUT2D eigenvalue weighted by Crippen LogP contribution is -2.22. The Labute approximate surface area is 134 Å². The number of rotatable bonds is 5. The van der Waals surface area contributed by atoms with Crippen LogP contribution in [0.4, 0.5) is 4.39 Å². The lowest BCUT2D eigenvalue weighted by molar-refractivity contribution is 0.230. The van der Waals surface area contributed by atoms with Gasteiger partial charge in [-0.05, 0) is 25.1 Å². The van der Waals surface area contributed by atoms with Crippen LogP contribution in [0.5, 0.6) is 5.88 Å². The van der Waals surface area contributed by atoms with Crippen molar-refractivity contribution in [3.63, 3.8) is 0 Å². The summed E-state index contributed by atoms with van der Waals surface area (Å²) in [6.45, 7) is 2.91. The fourth-order valence-electron chi connectivity index (χ4n) is 2.74. The molecule has 1 unspecified atom stereocenters. The van der Waals surface area contributed by atoms with E-state index in [2.05, 4.69) is 14.9 Å². The van der Waals surface area contributed by atoms with Crippen molar-refractivity contribution >= 4 is 0 Å². The van der Waals surface area contributed by atoms with Crippen molar-refractivity contribution in [2.24, 2.45) is 5.92 Å². The molecule has 6 heteroatoms. The zero-order valence-corrected chi connectivity index (χ0v) is 12.7. The number of aromatic nitrogens is 2. The van der Waals surface area contributed by atoms with E-state index < -0.39 is 0 Å². The maximum atomic E-state index is 13.9. The number of benzene rings is 1. The number of nitriles is 1. The Balaban J connectivity index is 1.51. The highest BCUT2D eigenvalue weighted by atomic mass is 19.1. The minimum atomic E-state index is -0.316. The molecule has 1 aliphatic heterocycles. The predicted molar refractivity (Wildman–Crippen MR) is 82.0 cm³/mol. The van der Waals surface area contributed by atoms with Gasteiger partial charge in [-0.25, -0.2) is 9.37 Å². The summed E-state index contributed by atoms with van der Waals surface area (Å²) >= 11 is 0. The van der Waals surface area contributed by atoms with Crippen LogP contribution in [0.25, 0.3) is 0 Å². The van der Waals surface area contributed by atoms with E-state index in [1.165, 1.54) is 6.07 Å². The third-order valence-corrected chi connectivity index (χ3v) is 3.95. The van der Waals surface area contributed by atoms with E-state index in [0.717, 1.165) is 19.5 Å². The first kappa shape index (κ1) is 15.4. The summed E-state index contributed by atoms with van der Waals surface area (Å²) in [7, 11) is 0. The van der Waals surface area contributed by atoms with Crippen LogP contribution < -0.4 is 4.74 Å². The third kappa shape index (κ3) is 4.02. The molecular formula is C17H17FN4O. The molecule has 2 aromatic rings. The van der Waals surface area contributed by atoms with Gasteiger partial charge in [0.25, 0.3) is 0 Å². The van der Waals surface area contributed by atoms with Gasteiger partial charge in [0, 0.05) is 37.0 Å². The van der Waals surface area contributed by atoms with E-state index in [0.29, 0.717) is 36.1 Å². The average Bonchev–Trinajstić information content (AvgIpc) is 3.03. The molecule has 3 rings (SSSR count). The van der Waals surface area contributed by atoms with Crippen molar-refractivity contribution in [2.45, 2.75) is 13.0 Å². The highest BCUT2D eigenvalue weighted by Gasteiger charge is 2.24.